The molecule has 0 aliphatic heterocycles. The van der Waals surface area contributed by atoms with Gasteiger partial charge in [0.1, 0.15) is 0 Å². The highest BCUT2D eigenvalue weighted by Gasteiger charge is 2.01. The van der Waals surface area contributed by atoms with Crippen molar-refractivity contribution in [2.45, 2.75) is 19.4 Å². The fraction of sp³-hybridized carbons (Fsp3) is 1.00. The third kappa shape index (κ3) is 4.43. The van der Waals surface area contributed by atoms with Crippen LogP contribution in [0.5, 0.6) is 0 Å². The van der Waals surface area contributed by atoms with Gasteiger partial charge in [-0.3, -0.25) is 0 Å². The second-order valence-electron chi connectivity index (χ2n) is 2.66. The quantitative estimate of drug-likeness (QED) is 0.608. The molecule has 0 aliphatic carbocycles. The van der Waals surface area contributed by atoms with Crippen LogP contribution in [0.15, 0.2) is 0 Å². The number of rotatable bonds is 4. The molecule has 9 heavy (non-hydrogen) atoms. The summed E-state index contributed by atoms with van der Waals surface area (Å²) in [5, 5.41) is 3.24. The molecule has 2 heteroatoms. The summed E-state index contributed by atoms with van der Waals surface area (Å²) in [5.41, 5.74) is 0. The first-order valence-corrected chi connectivity index (χ1v) is 3.52. The Morgan fingerprint density at radius 1 is 1.56 bits per heavy atom. The minimum Gasteiger partial charge on any atom is -0.316 e. The van der Waals surface area contributed by atoms with Gasteiger partial charge in [-0.15, -0.1) is 0 Å². The summed E-state index contributed by atoms with van der Waals surface area (Å²) in [6.45, 7) is 3.33. The standard InChI is InChI=1S/C7H18N2.H2/c1-5-7(8-2)6-9(3)4;/h7-8H,5-6H2,1-4H3;1H. The highest BCUT2D eigenvalue weighted by molar-refractivity contribution is 4.63. The van der Waals surface area contributed by atoms with Crippen molar-refractivity contribution in [3.8, 4) is 0 Å². The Morgan fingerprint density at radius 2 is 2.11 bits per heavy atom. The monoisotopic (exact) mass is 132 g/mol. The molecule has 1 N–H and O–H groups in total. The Labute approximate surface area is 59.7 Å². The zero-order valence-electron chi connectivity index (χ0n) is 6.94. The van der Waals surface area contributed by atoms with Crippen LogP contribution in [0.1, 0.15) is 14.8 Å². The van der Waals surface area contributed by atoms with E-state index in [1.807, 2.05) is 7.05 Å². The van der Waals surface area contributed by atoms with Gasteiger partial charge in [-0.2, -0.15) is 0 Å². The topological polar surface area (TPSA) is 15.3 Å². The summed E-state index contributed by atoms with van der Waals surface area (Å²) >= 11 is 0. The second kappa shape index (κ2) is 4.77. The van der Waals surface area contributed by atoms with Crippen LogP contribution >= 0.6 is 0 Å². The zero-order chi connectivity index (χ0) is 7.28. The molecule has 0 spiro atoms. The molecule has 58 valence electrons. The molecule has 0 heterocycles. The Morgan fingerprint density at radius 3 is 2.22 bits per heavy atom. The largest absolute Gasteiger partial charge is 0.316 e. The third-order valence-corrected chi connectivity index (χ3v) is 1.49. The lowest BCUT2D eigenvalue weighted by molar-refractivity contribution is 0.343. The van der Waals surface area contributed by atoms with E-state index in [2.05, 4.69) is 31.2 Å². The van der Waals surface area contributed by atoms with Crippen molar-refractivity contribution in [2.24, 2.45) is 0 Å². The van der Waals surface area contributed by atoms with Gasteiger partial charge in [-0.05, 0) is 27.6 Å². The highest BCUT2D eigenvalue weighted by Crippen LogP contribution is 1.89. The predicted molar refractivity (Wildman–Crippen MR) is 43.8 cm³/mol. The van der Waals surface area contributed by atoms with Gasteiger partial charge in [0.05, 0.1) is 0 Å². The third-order valence-electron chi connectivity index (χ3n) is 1.49. The first-order valence-electron chi connectivity index (χ1n) is 3.52. The molecule has 1 atom stereocenters. The van der Waals surface area contributed by atoms with E-state index in [0.717, 1.165) is 6.54 Å². The van der Waals surface area contributed by atoms with Crippen LogP contribution in [0.2, 0.25) is 0 Å². The Kier molecular flexibility index (Phi) is 4.72. The van der Waals surface area contributed by atoms with E-state index in [1.165, 1.54) is 6.42 Å². The van der Waals surface area contributed by atoms with Crippen molar-refractivity contribution in [3.05, 3.63) is 0 Å². The molecule has 2 nitrogen and oxygen atoms in total. The molecule has 0 rings (SSSR count). The summed E-state index contributed by atoms with van der Waals surface area (Å²) in [4.78, 5) is 2.20. The highest BCUT2D eigenvalue weighted by atomic mass is 15.1. The molecule has 0 aliphatic rings. The van der Waals surface area contributed by atoms with Gasteiger partial charge in [0.15, 0.2) is 0 Å². The van der Waals surface area contributed by atoms with E-state index in [4.69, 9.17) is 0 Å². The molecule has 0 aromatic carbocycles. The minimum absolute atomic E-state index is 0. The van der Waals surface area contributed by atoms with E-state index in [1.54, 1.807) is 0 Å². The van der Waals surface area contributed by atoms with Crippen molar-refractivity contribution in [1.82, 2.24) is 10.2 Å². The van der Waals surface area contributed by atoms with Gasteiger partial charge in [0.2, 0.25) is 0 Å². The lowest BCUT2D eigenvalue weighted by atomic mass is 10.2. The van der Waals surface area contributed by atoms with Gasteiger partial charge in [-0.25, -0.2) is 0 Å². The normalized spacial score (nSPS) is 14.3. The molecule has 0 saturated carbocycles. The van der Waals surface area contributed by atoms with Crippen LogP contribution in [0, 0.1) is 0 Å². The molecule has 0 radical (unpaired) electrons. The SMILES string of the molecule is CCC(CN(C)C)NC.[HH]. The lowest BCUT2D eigenvalue weighted by Gasteiger charge is -2.18. The molecule has 0 amide bonds. The van der Waals surface area contributed by atoms with Crippen LogP contribution in [-0.4, -0.2) is 38.6 Å². The minimum atomic E-state index is 0. The van der Waals surface area contributed by atoms with Crippen LogP contribution in [0.3, 0.4) is 0 Å². The molecule has 0 saturated heterocycles. The van der Waals surface area contributed by atoms with Gasteiger partial charge in [-0.1, -0.05) is 6.92 Å². The van der Waals surface area contributed by atoms with Gasteiger partial charge in [0, 0.05) is 14.0 Å². The number of hydrogen-bond acceptors (Lipinski definition) is 2. The average Bonchev–Trinajstić information content (AvgIpc) is 1.82. The second-order valence-corrected chi connectivity index (χ2v) is 2.66. The van der Waals surface area contributed by atoms with Gasteiger partial charge < -0.3 is 10.2 Å². The molecule has 0 aromatic heterocycles. The number of likely N-dealkylation sites (N-methyl/N-ethyl adjacent to an activating group) is 2. The summed E-state index contributed by atoms with van der Waals surface area (Å²) < 4.78 is 0. The van der Waals surface area contributed by atoms with Crippen molar-refractivity contribution >= 4 is 0 Å². The smallest absolute Gasteiger partial charge is 0.0189 e. The van der Waals surface area contributed by atoms with Crippen LogP contribution in [0.4, 0.5) is 0 Å². The molecule has 0 fully saturated rings. The summed E-state index contributed by atoms with van der Waals surface area (Å²) in [7, 11) is 6.21. The molecule has 1 unspecified atom stereocenters. The van der Waals surface area contributed by atoms with Crippen molar-refractivity contribution in [3.63, 3.8) is 0 Å². The number of hydrogen-bond donors (Lipinski definition) is 1. The zero-order valence-corrected chi connectivity index (χ0v) is 6.94. The summed E-state index contributed by atoms with van der Waals surface area (Å²) in [5.74, 6) is 0. The Bertz CT molecular complexity index is 62.6. The summed E-state index contributed by atoms with van der Waals surface area (Å²) in [6.07, 6.45) is 1.20. The fourth-order valence-electron chi connectivity index (χ4n) is 0.865. The Hall–Kier alpha value is -0.0800. The average molecular weight is 132 g/mol. The van der Waals surface area contributed by atoms with E-state index < -0.39 is 0 Å². The van der Waals surface area contributed by atoms with Crippen molar-refractivity contribution in [1.29, 1.82) is 0 Å². The van der Waals surface area contributed by atoms with Gasteiger partial charge in [0.25, 0.3) is 0 Å². The molecular weight excluding hydrogens is 112 g/mol. The van der Waals surface area contributed by atoms with E-state index in [9.17, 15) is 0 Å². The van der Waals surface area contributed by atoms with Crippen molar-refractivity contribution < 1.29 is 1.43 Å². The fourth-order valence-corrected chi connectivity index (χ4v) is 0.865. The number of nitrogens with one attached hydrogen (secondary N) is 1. The van der Waals surface area contributed by atoms with Gasteiger partial charge >= 0.3 is 0 Å². The summed E-state index contributed by atoms with van der Waals surface area (Å²) in [6, 6.07) is 0.653. The maximum atomic E-state index is 3.24. The Balaban J connectivity index is 0. The maximum Gasteiger partial charge on any atom is 0.0189 e. The van der Waals surface area contributed by atoms with E-state index in [-0.39, 0.29) is 1.43 Å². The maximum absolute atomic E-state index is 3.24. The molecular formula is C7H20N2. The van der Waals surface area contributed by atoms with Crippen LogP contribution in [-0.2, 0) is 0 Å². The van der Waals surface area contributed by atoms with E-state index >= 15 is 0 Å². The van der Waals surface area contributed by atoms with E-state index in [0.29, 0.717) is 6.04 Å². The first-order chi connectivity index (χ1) is 4.20. The van der Waals surface area contributed by atoms with Crippen LogP contribution in [0.25, 0.3) is 0 Å². The predicted octanol–water partition coefficient (Wildman–Crippen LogP) is 0.792. The number of nitrogens with zero attached hydrogens (tertiary/aromatic N) is 1. The molecule has 0 aromatic rings. The first kappa shape index (κ1) is 8.92. The molecule has 0 bridgehead atoms. The van der Waals surface area contributed by atoms with Crippen molar-refractivity contribution in [2.75, 3.05) is 27.7 Å². The lowest BCUT2D eigenvalue weighted by Crippen LogP contribution is -2.35. The van der Waals surface area contributed by atoms with Crippen LogP contribution < -0.4 is 5.32 Å².